The third-order valence-corrected chi connectivity index (χ3v) is 4.44. The molecule has 0 saturated carbocycles. The Balaban J connectivity index is 1.33. The van der Waals surface area contributed by atoms with Crippen LogP contribution in [-0.4, -0.2) is 46.8 Å². The van der Waals surface area contributed by atoms with Crippen molar-refractivity contribution in [2.24, 2.45) is 0 Å². The molecule has 3 heterocycles. The zero-order chi connectivity index (χ0) is 18.5. The van der Waals surface area contributed by atoms with Gasteiger partial charge in [0.1, 0.15) is 18.5 Å². The van der Waals surface area contributed by atoms with E-state index in [1.54, 1.807) is 12.4 Å². The molecule has 0 radical (unpaired) electrons. The molecule has 1 aliphatic heterocycles. The highest BCUT2D eigenvalue weighted by Crippen LogP contribution is 2.21. The molecule has 0 amide bonds. The zero-order valence-corrected chi connectivity index (χ0v) is 15.2. The number of pyridine rings is 1. The number of likely N-dealkylation sites (N-methyl/N-ethyl adjacent to an activating group) is 1. The lowest BCUT2D eigenvalue weighted by Gasteiger charge is -2.27. The molecular weight excluding hydrogens is 344 g/mol. The second-order valence-electron chi connectivity index (χ2n) is 6.64. The molecule has 1 aromatic carbocycles. The molecule has 0 aliphatic carbocycles. The van der Waals surface area contributed by atoms with Crippen LogP contribution in [0.3, 0.4) is 0 Å². The molecule has 4 rings (SSSR count). The van der Waals surface area contributed by atoms with E-state index in [1.807, 2.05) is 36.4 Å². The number of benzene rings is 1. The summed E-state index contributed by atoms with van der Waals surface area (Å²) >= 11 is 0. The van der Waals surface area contributed by atoms with Gasteiger partial charge in [-0.25, -0.2) is 0 Å². The number of ether oxygens (including phenoxy) is 2. The highest BCUT2D eigenvalue weighted by atomic mass is 16.5. The SMILES string of the molecule is CN1CCOC(c2nc(Cc3ccc(OCc4cccnc4)cc3)no2)C1. The van der Waals surface area contributed by atoms with E-state index in [2.05, 4.69) is 27.1 Å². The molecule has 7 heteroatoms. The first kappa shape index (κ1) is 17.6. The van der Waals surface area contributed by atoms with Crippen LogP contribution in [0, 0.1) is 0 Å². The molecule has 140 valence electrons. The fraction of sp³-hybridized carbons (Fsp3) is 0.350. The summed E-state index contributed by atoms with van der Waals surface area (Å²) in [5.41, 5.74) is 2.13. The molecule has 1 saturated heterocycles. The summed E-state index contributed by atoms with van der Waals surface area (Å²) in [7, 11) is 2.06. The third kappa shape index (κ3) is 4.69. The van der Waals surface area contributed by atoms with E-state index in [1.165, 1.54) is 0 Å². The van der Waals surface area contributed by atoms with Crippen LogP contribution in [-0.2, 0) is 17.8 Å². The van der Waals surface area contributed by atoms with E-state index in [0.29, 0.717) is 31.3 Å². The molecule has 1 fully saturated rings. The number of rotatable bonds is 6. The Morgan fingerprint density at radius 2 is 2.07 bits per heavy atom. The monoisotopic (exact) mass is 366 g/mol. The van der Waals surface area contributed by atoms with Gasteiger partial charge in [-0.05, 0) is 30.8 Å². The average molecular weight is 366 g/mol. The minimum Gasteiger partial charge on any atom is -0.489 e. The van der Waals surface area contributed by atoms with E-state index >= 15 is 0 Å². The maximum atomic E-state index is 5.78. The molecule has 0 spiro atoms. The maximum Gasteiger partial charge on any atom is 0.257 e. The predicted molar refractivity (Wildman–Crippen MR) is 98.3 cm³/mol. The molecule has 1 unspecified atom stereocenters. The van der Waals surface area contributed by atoms with Crippen LogP contribution in [0.5, 0.6) is 5.75 Å². The molecule has 7 nitrogen and oxygen atoms in total. The van der Waals surface area contributed by atoms with Crippen molar-refractivity contribution in [1.29, 1.82) is 0 Å². The van der Waals surface area contributed by atoms with Crippen LogP contribution in [0.1, 0.15) is 28.9 Å². The van der Waals surface area contributed by atoms with Gasteiger partial charge in [0, 0.05) is 37.5 Å². The van der Waals surface area contributed by atoms with Crippen LogP contribution in [0.2, 0.25) is 0 Å². The molecule has 0 N–H and O–H groups in total. The van der Waals surface area contributed by atoms with Gasteiger partial charge in [-0.3, -0.25) is 4.98 Å². The Kier molecular flexibility index (Phi) is 5.41. The van der Waals surface area contributed by atoms with E-state index < -0.39 is 0 Å². The Labute approximate surface area is 157 Å². The topological polar surface area (TPSA) is 73.5 Å². The average Bonchev–Trinajstić information content (AvgIpc) is 3.17. The smallest absolute Gasteiger partial charge is 0.257 e. The lowest BCUT2D eigenvalue weighted by Crippen LogP contribution is -2.35. The second kappa shape index (κ2) is 8.28. The van der Waals surface area contributed by atoms with Gasteiger partial charge in [0.25, 0.3) is 5.89 Å². The lowest BCUT2D eigenvalue weighted by atomic mass is 10.1. The Hall–Kier alpha value is -2.77. The summed E-state index contributed by atoms with van der Waals surface area (Å²) in [4.78, 5) is 10.8. The first-order valence-electron chi connectivity index (χ1n) is 8.99. The minimum atomic E-state index is -0.145. The van der Waals surface area contributed by atoms with Crippen molar-refractivity contribution in [3.63, 3.8) is 0 Å². The van der Waals surface area contributed by atoms with Crippen LogP contribution >= 0.6 is 0 Å². The molecular formula is C20H22N4O3. The Morgan fingerprint density at radius 1 is 1.19 bits per heavy atom. The predicted octanol–water partition coefficient (Wildman–Crippen LogP) is 2.64. The van der Waals surface area contributed by atoms with Gasteiger partial charge in [0.2, 0.25) is 0 Å². The Bertz CT molecular complexity index is 851. The Morgan fingerprint density at radius 3 is 2.85 bits per heavy atom. The first-order chi connectivity index (χ1) is 13.3. The standard InChI is InChI=1S/C20H22N4O3/c1-24-9-10-25-18(13-24)20-22-19(23-27-20)11-15-4-6-17(7-5-15)26-14-16-3-2-8-21-12-16/h2-8,12,18H,9-11,13-14H2,1H3. The number of aromatic nitrogens is 3. The van der Waals surface area contributed by atoms with E-state index in [-0.39, 0.29) is 6.10 Å². The van der Waals surface area contributed by atoms with Gasteiger partial charge in [-0.15, -0.1) is 0 Å². The fourth-order valence-corrected chi connectivity index (χ4v) is 2.93. The van der Waals surface area contributed by atoms with Crippen molar-refractivity contribution in [2.45, 2.75) is 19.1 Å². The van der Waals surface area contributed by atoms with Crippen molar-refractivity contribution in [3.05, 3.63) is 71.6 Å². The van der Waals surface area contributed by atoms with Crippen molar-refractivity contribution in [2.75, 3.05) is 26.7 Å². The van der Waals surface area contributed by atoms with Crippen molar-refractivity contribution in [3.8, 4) is 5.75 Å². The summed E-state index contributed by atoms with van der Waals surface area (Å²) in [5, 5.41) is 4.09. The van der Waals surface area contributed by atoms with Crippen molar-refractivity contribution >= 4 is 0 Å². The van der Waals surface area contributed by atoms with Crippen LogP contribution in [0.15, 0.2) is 53.3 Å². The molecule has 1 aliphatic rings. The second-order valence-corrected chi connectivity index (χ2v) is 6.64. The fourth-order valence-electron chi connectivity index (χ4n) is 2.93. The van der Waals surface area contributed by atoms with Crippen LogP contribution in [0.4, 0.5) is 0 Å². The summed E-state index contributed by atoms with van der Waals surface area (Å²) < 4.78 is 16.9. The van der Waals surface area contributed by atoms with Gasteiger partial charge >= 0.3 is 0 Å². The summed E-state index contributed by atoms with van der Waals surface area (Å²) in [5.74, 6) is 2.02. The summed E-state index contributed by atoms with van der Waals surface area (Å²) in [6, 6.07) is 11.8. The molecule has 0 bridgehead atoms. The highest BCUT2D eigenvalue weighted by Gasteiger charge is 2.25. The highest BCUT2D eigenvalue weighted by molar-refractivity contribution is 5.29. The molecule has 3 aromatic rings. The van der Waals surface area contributed by atoms with Gasteiger partial charge in [-0.1, -0.05) is 23.4 Å². The van der Waals surface area contributed by atoms with E-state index in [0.717, 1.165) is 30.0 Å². The number of morpholine rings is 1. The van der Waals surface area contributed by atoms with Crippen molar-refractivity contribution in [1.82, 2.24) is 20.0 Å². The minimum absolute atomic E-state index is 0.145. The van der Waals surface area contributed by atoms with E-state index in [9.17, 15) is 0 Å². The third-order valence-electron chi connectivity index (χ3n) is 4.44. The quantitative estimate of drug-likeness (QED) is 0.664. The normalized spacial score (nSPS) is 17.7. The number of hydrogen-bond acceptors (Lipinski definition) is 7. The number of hydrogen-bond donors (Lipinski definition) is 0. The number of nitrogens with zero attached hydrogens (tertiary/aromatic N) is 4. The maximum absolute atomic E-state index is 5.78. The summed E-state index contributed by atoms with van der Waals surface area (Å²) in [6.07, 6.45) is 4.01. The zero-order valence-electron chi connectivity index (χ0n) is 15.2. The largest absolute Gasteiger partial charge is 0.489 e. The van der Waals surface area contributed by atoms with Gasteiger partial charge in [0.15, 0.2) is 5.82 Å². The van der Waals surface area contributed by atoms with Crippen LogP contribution in [0.25, 0.3) is 0 Å². The van der Waals surface area contributed by atoms with Gasteiger partial charge < -0.3 is 18.9 Å². The lowest BCUT2D eigenvalue weighted by molar-refractivity contribution is -0.0366. The van der Waals surface area contributed by atoms with E-state index in [4.69, 9.17) is 14.0 Å². The van der Waals surface area contributed by atoms with Gasteiger partial charge in [0.05, 0.1) is 6.61 Å². The van der Waals surface area contributed by atoms with Gasteiger partial charge in [-0.2, -0.15) is 4.98 Å². The van der Waals surface area contributed by atoms with Crippen LogP contribution < -0.4 is 4.74 Å². The first-order valence-corrected chi connectivity index (χ1v) is 8.99. The van der Waals surface area contributed by atoms with Crippen molar-refractivity contribution < 1.29 is 14.0 Å². The molecule has 2 aromatic heterocycles. The molecule has 1 atom stereocenters. The molecule has 27 heavy (non-hydrogen) atoms. The summed E-state index contributed by atoms with van der Waals surface area (Å²) in [6.45, 7) is 2.87.